The number of benzene rings is 1. The zero-order chi connectivity index (χ0) is 19.6. The molecule has 2 heterocycles. The van der Waals surface area contributed by atoms with Crippen molar-refractivity contribution in [2.75, 3.05) is 5.32 Å². The van der Waals surface area contributed by atoms with Crippen LogP contribution in [0.1, 0.15) is 12.7 Å². The van der Waals surface area contributed by atoms with Crippen molar-refractivity contribution in [3.8, 4) is 11.4 Å². The Kier molecular flexibility index (Phi) is 5.26. The van der Waals surface area contributed by atoms with E-state index in [0.717, 1.165) is 11.3 Å². The number of nitrogens with zero attached hydrogens (tertiary/aromatic N) is 4. The van der Waals surface area contributed by atoms with Crippen molar-refractivity contribution in [3.63, 3.8) is 0 Å². The van der Waals surface area contributed by atoms with E-state index in [1.807, 2.05) is 20.0 Å². The van der Waals surface area contributed by atoms with Crippen LogP contribution in [0, 0.1) is 17.0 Å². The molecule has 1 aromatic carbocycles. The lowest BCUT2D eigenvalue weighted by Crippen LogP contribution is -2.22. The van der Waals surface area contributed by atoms with Gasteiger partial charge in [-0.2, -0.15) is 0 Å². The van der Waals surface area contributed by atoms with Crippen molar-refractivity contribution < 1.29 is 14.1 Å². The highest BCUT2D eigenvalue weighted by molar-refractivity contribution is 8.00. The van der Waals surface area contributed by atoms with Gasteiger partial charge in [0.25, 0.3) is 5.69 Å². The van der Waals surface area contributed by atoms with Gasteiger partial charge in [-0.25, -0.2) is 0 Å². The molecule has 3 rings (SSSR count). The van der Waals surface area contributed by atoms with Gasteiger partial charge in [-0.15, -0.1) is 10.2 Å². The minimum absolute atomic E-state index is 0.0309. The number of non-ortho nitro benzene ring substituents is 1. The van der Waals surface area contributed by atoms with Crippen LogP contribution in [-0.4, -0.2) is 30.8 Å². The molecule has 2 aromatic heterocycles. The molecule has 0 saturated carbocycles. The molecular weight excluding hydrogens is 370 g/mol. The molecule has 0 spiro atoms. The van der Waals surface area contributed by atoms with Crippen LogP contribution >= 0.6 is 11.8 Å². The molecule has 0 bridgehead atoms. The molecule has 3 aromatic rings. The lowest BCUT2D eigenvalue weighted by molar-refractivity contribution is -0.384. The highest BCUT2D eigenvalue weighted by atomic mass is 32.2. The van der Waals surface area contributed by atoms with Crippen LogP contribution in [0.4, 0.5) is 11.4 Å². The van der Waals surface area contributed by atoms with Crippen LogP contribution in [0.25, 0.3) is 11.4 Å². The summed E-state index contributed by atoms with van der Waals surface area (Å²) >= 11 is 1.27. The Morgan fingerprint density at radius 2 is 2.00 bits per heavy atom. The SMILES string of the molecule is Cc1occc1-c1nnc(SC(C)C(=O)Nc2ccc([N+](=O)[O-])cc2)n1C. The Balaban J connectivity index is 1.67. The molecule has 27 heavy (non-hydrogen) atoms. The van der Waals surface area contributed by atoms with Gasteiger partial charge in [0, 0.05) is 24.9 Å². The summed E-state index contributed by atoms with van der Waals surface area (Å²) in [5.74, 6) is 1.16. The highest BCUT2D eigenvalue weighted by Gasteiger charge is 2.21. The Labute approximate surface area is 158 Å². The van der Waals surface area contributed by atoms with Gasteiger partial charge < -0.3 is 14.3 Å². The fourth-order valence-corrected chi connectivity index (χ4v) is 3.21. The lowest BCUT2D eigenvalue weighted by atomic mass is 10.2. The number of thioether (sulfide) groups is 1. The Morgan fingerprint density at radius 3 is 2.59 bits per heavy atom. The van der Waals surface area contributed by atoms with Gasteiger partial charge in [0.2, 0.25) is 5.91 Å². The average molecular weight is 387 g/mol. The quantitative estimate of drug-likeness (QED) is 0.391. The monoisotopic (exact) mass is 387 g/mol. The Bertz CT molecular complexity index is 980. The fraction of sp³-hybridized carbons (Fsp3) is 0.235. The molecule has 1 atom stereocenters. The first kappa shape index (κ1) is 18.6. The second-order valence-corrected chi connectivity index (χ2v) is 7.12. The summed E-state index contributed by atoms with van der Waals surface area (Å²) in [6.07, 6.45) is 1.59. The number of amides is 1. The maximum atomic E-state index is 12.4. The number of nitrogens with one attached hydrogen (secondary N) is 1. The molecule has 0 fully saturated rings. The maximum Gasteiger partial charge on any atom is 0.269 e. The van der Waals surface area contributed by atoms with Gasteiger partial charge in [-0.3, -0.25) is 14.9 Å². The zero-order valence-corrected chi connectivity index (χ0v) is 15.7. The fourth-order valence-electron chi connectivity index (χ4n) is 2.39. The number of carbonyl (C=O) groups is 1. The van der Waals surface area contributed by atoms with Crippen LogP contribution < -0.4 is 5.32 Å². The van der Waals surface area contributed by atoms with Gasteiger partial charge in [0.1, 0.15) is 5.76 Å². The van der Waals surface area contributed by atoms with E-state index >= 15 is 0 Å². The number of nitro groups is 1. The molecule has 9 nitrogen and oxygen atoms in total. The first-order chi connectivity index (χ1) is 12.9. The largest absolute Gasteiger partial charge is 0.469 e. The highest BCUT2D eigenvalue weighted by Crippen LogP contribution is 2.28. The number of hydrogen-bond donors (Lipinski definition) is 1. The molecule has 140 valence electrons. The molecule has 0 radical (unpaired) electrons. The van der Waals surface area contributed by atoms with Crippen molar-refractivity contribution in [2.24, 2.45) is 7.05 Å². The van der Waals surface area contributed by atoms with Gasteiger partial charge >= 0.3 is 0 Å². The van der Waals surface area contributed by atoms with Crippen molar-refractivity contribution in [2.45, 2.75) is 24.3 Å². The van der Waals surface area contributed by atoms with Crippen LogP contribution in [0.2, 0.25) is 0 Å². The van der Waals surface area contributed by atoms with Gasteiger partial charge in [-0.05, 0) is 32.0 Å². The van der Waals surface area contributed by atoms with Crippen LogP contribution in [-0.2, 0) is 11.8 Å². The second-order valence-electron chi connectivity index (χ2n) is 5.81. The summed E-state index contributed by atoms with van der Waals surface area (Å²) in [5, 5.41) is 21.9. The molecule has 0 aliphatic rings. The molecule has 0 aliphatic carbocycles. The number of carbonyl (C=O) groups excluding carboxylic acids is 1. The third kappa shape index (κ3) is 4.00. The minimum atomic E-state index is -0.489. The van der Waals surface area contributed by atoms with E-state index in [1.54, 1.807) is 17.8 Å². The van der Waals surface area contributed by atoms with Crippen LogP contribution in [0.3, 0.4) is 0 Å². The minimum Gasteiger partial charge on any atom is -0.469 e. The third-order valence-electron chi connectivity index (χ3n) is 3.93. The number of furan rings is 1. The first-order valence-corrected chi connectivity index (χ1v) is 8.90. The summed E-state index contributed by atoms with van der Waals surface area (Å²) in [4.78, 5) is 22.6. The average Bonchev–Trinajstić information content (AvgIpc) is 3.21. The number of hydrogen-bond acceptors (Lipinski definition) is 7. The third-order valence-corrected chi connectivity index (χ3v) is 5.07. The summed E-state index contributed by atoms with van der Waals surface area (Å²) in [7, 11) is 1.82. The predicted octanol–water partition coefficient (Wildman–Crippen LogP) is 3.41. The van der Waals surface area contributed by atoms with Crippen molar-refractivity contribution in [1.82, 2.24) is 14.8 Å². The lowest BCUT2D eigenvalue weighted by Gasteiger charge is -2.11. The maximum absolute atomic E-state index is 12.4. The van der Waals surface area contributed by atoms with Crippen molar-refractivity contribution >= 4 is 29.0 Å². The second kappa shape index (κ2) is 7.62. The molecular formula is C17H17N5O4S. The van der Waals surface area contributed by atoms with Crippen LogP contribution in [0.15, 0.2) is 46.2 Å². The normalized spacial score (nSPS) is 12.0. The van der Waals surface area contributed by atoms with E-state index in [1.165, 1.54) is 36.0 Å². The van der Waals surface area contributed by atoms with Crippen molar-refractivity contribution in [3.05, 3.63) is 52.5 Å². The summed E-state index contributed by atoms with van der Waals surface area (Å²) < 4.78 is 7.10. The number of aromatic nitrogens is 3. The molecule has 0 saturated heterocycles. The van der Waals surface area contributed by atoms with E-state index in [0.29, 0.717) is 16.7 Å². The van der Waals surface area contributed by atoms with E-state index in [4.69, 9.17) is 4.42 Å². The molecule has 0 aliphatic heterocycles. The van der Waals surface area contributed by atoms with E-state index in [2.05, 4.69) is 15.5 Å². The number of rotatable bonds is 6. The summed E-state index contributed by atoms with van der Waals surface area (Å²) in [5.41, 5.74) is 1.31. The molecule has 1 amide bonds. The predicted molar refractivity (Wildman–Crippen MR) is 100 cm³/mol. The smallest absolute Gasteiger partial charge is 0.269 e. The van der Waals surface area contributed by atoms with E-state index < -0.39 is 10.2 Å². The van der Waals surface area contributed by atoms with E-state index in [-0.39, 0.29) is 11.6 Å². The van der Waals surface area contributed by atoms with Crippen LogP contribution in [0.5, 0.6) is 0 Å². The van der Waals surface area contributed by atoms with Crippen molar-refractivity contribution in [1.29, 1.82) is 0 Å². The first-order valence-electron chi connectivity index (χ1n) is 8.02. The summed E-state index contributed by atoms with van der Waals surface area (Å²) in [6, 6.07) is 7.49. The molecule has 1 N–H and O–H groups in total. The number of anilines is 1. The molecule has 1 unspecified atom stereocenters. The Morgan fingerprint density at radius 1 is 1.30 bits per heavy atom. The van der Waals surface area contributed by atoms with Gasteiger partial charge in [0.15, 0.2) is 11.0 Å². The number of nitro benzene ring substituents is 1. The standard InChI is InChI=1S/C17H17N5O4S/c1-10-14(8-9-26-10)15-19-20-17(21(15)3)27-11(2)16(23)18-12-4-6-13(7-5-12)22(24)25/h4-9,11H,1-3H3,(H,18,23). The van der Waals surface area contributed by atoms with E-state index in [9.17, 15) is 14.9 Å². The topological polar surface area (TPSA) is 116 Å². The van der Waals surface area contributed by atoms with Gasteiger partial charge in [0.05, 0.1) is 22.0 Å². The van der Waals surface area contributed by atoms with Gasteiger partial charge in [-0.1, -0.05) is 11.8 Å². The Hall–Kier alpha value is -3.14. The molecule has 10 heteroatoms. The number of aryl methyl sites for hydroxylation is 1. The summed E-state index contributed by atoms with van der Waals surface area (Å²) in [6.45, 7) is 3.60. The zero-order valence-electron chi connectivity index (χ0n) is 14.9.